The van der Waals surface area contributed by atoms with Crippen LogP contribution in [0.2, 0.25) is 0 Å². The Morgan fingerprint density at radius 3 is 2.67 bits per heavy atom. The zero-order chi connectivity index (χ0) is 15.1. The first kappa shape index (κ1) is 15.8. The van der Waals surface area contributed by atoms with Crippen molar-refractivity contribution in [2.45, 2.75) is 50.8 Å². The van der Waals surface area contributed by atoms with Crippen molar-refractivity contribution in [3.8, 4) is 6.07 Å². The summed E-state index contributed by atoms with van der Waals surface area (Å²) in [5.74, 6) is 0. The summed E-state index contributed by atoms with van der Waals surface area (Å²) in [6, 6.07) is 10.8. The molecule has 0 saturated heterocycles. The van der Waals surface area contributed by atoms with E-state index in [0.29, 0.717) is 6.42 Å². The van der Waals surface area contributed by atoms with Gasteiger partial charge in [0.1, 0.15) is 0 Å². The van der Waals surface area contributed by atoms with Crippen molar-refractivity contribution >= 4 is 5.69 Å². The number of nitrogens with one attached hydrogen (secondary N) is 1. The molecule has 2 atom stereocenters. The number of rotatable bonds is 6. The van der Waals surface area contributed by atoms with Crippen LogP contribution >= 0.6 is 0 Å². The van der Waals surface area contributed by atoms with E-state index in [0.717, 1.165) is 38.0 Å². The molecular formula is C17H25N3O. The Labute approximate surface area is 127 Å². The van der Waals surface area contributed by atoms with Crippen LogP contribution < -0.4 is 10.2 Å². The van der Waals surface area contributed by atoms with Crippen molar-refractivity contribution in [2.75, 3.05) is 18.5 Å². The van der Waals surface area contributed by atoms with E-state index in [2.05, 4.69) is 40.6 Å². The molecular weight excluding hydrogens is 262 g/mol. The van der Waals surface area contributed by atoms with E-state index in [4.69, 9.17) is 5.26 Å². The van der Waals surface area contributed by atoms with Crippen molar-refractivity contribution in [2.24, 2.45) is 0 Å². The molecule has 1 fully saturated rings. The van der Waals surface area contributed by atoms with Gasteiger partial charge in [-0.15, -0.1) is 0 Å². The molecule has 21 heavy (non-hydrogen) atoms. The van der Waals surface area contributed by atoms with E-state index in [-0.39, 0.29) is 12.1 Å². The highest BCUT2D eigenvalue weighted by molar-refractivity contribution is 5.46. The Morgan fingerprint density at radius 1 is 1.29 bits per heavy atom. The Kier molecular flexibility index (Phi) is 6.04. The molecule has 1 aromatic carbocycles. The van der Waals surface area contributed by atoms with Gasteiger partial charge in [0.05, 0.1) is 18.6 Å². The van der Waals surface area contributed by atoms with E-state index < -0.39 is 0 Å². The molecule has 2 N–H and O–H groups in total. The van der Waals surface area contributed by atoms with Crippen LogP contribution in [0.25, 0.3) is 0 Å². The van der Waals surface area contributed by atoms with E-state index >= 15 is 0 Å². The van der Waals surface area contributed by atoms with Crippen LogP contribution in [0.15, 0.2) is 24.3 Å². The number of hydrogen-bond acceptors (Lipinski definition) is 4. The minimum atomic E-state index is -0.199. The number of anilines is 1. The highest BCUT2D eigenvalue weighted by Gasteiger charge is 2.21. The van der Waals surface area contributed by atoms with E-state index in [1.165, 1.54) is 12.0 Å². The lowest BCUT2D eigenvalue weighted by atomic mass is 9.92. The number of benzene rings is 1. The first-order valence-electron chi connectivity index (χ1n) is 7.79. The van der Waals surface area contributed by atoms with Crippen molar-refractivity contribution < 1.29 is 5.11 Å². The summed E-state index contributed by atoms with van der Waals surface area (Å²) in [7, 11) is 2.00. The standard InChI is InChI=1S/C17H25N3O/c1-20(12-4-11-18)15-9-7-14(8-10-15)13-19-16-5-2-3-6-17(16)21/h7-10,16-17,19,21H,2-6,12-13H2,1H3. The molecule has 1 aromatic rings. The smallest absolute Gasteiger partial charge is 0.0693 e. The molecule has 114 valence electrons. The predicted molar refractivity (Wildman–Crippen MR) is 85.0 cm³/mol. The molecule has 1 aliphatic rings. The average molecular weight is 287 g/mol. The summed E-state index contributed by atoms with van der Waals surface area (Å²) in [4.78, 5) is 2.09. The molecule has 0 heterocycles. The van der Waals surface area contributed by atoms with Gasteiger partial charge in [0, 0.05) is 31.9 Å². The van der Waals surface area contributed by atoms with Gasteiger partial charge >= 0.3 is 0 Å². The number of aliphatic hydroxyl groups excluding tert-OH is 1. The second-order valence-electron chi connectivity index (χ2n) is 5.84. The monoisotopic (exact) mass is 287 g/mol. The van der Waals surface area contributed by atoms with Crippen LogP contribution in [0.5, 0.6) is 0 Å². The van der Waals surface area contributed by atoms with Gasteiger partial charge in [-0.05, 0) is 30.5 Å². The molecule has 2 unspecified atom stereocenters. The summed E-state index contributed by atoms with van der Waals surface area (Å²) < 4.78 is 0. The molecule has 1 saturated carbocycles. The number of hydrogen-bond donors (Lipinski definition) is 2. The fourth-order valence-corrected chi connectivity index (χ4v) is 2.81. The van der Waals surface area contributed by atoms with Crippen LogP contribution in [0.3, 0.4) is 0 Å². The Balaban J connectivity index is 1.83. The maximum absolute atomic E-state index is 9.95. The van der Waals surface area contributed by atoms with Gasteiger partial charge in [-0.25, -0.2) is 0 Å². The fourth-order valence-electron chi connectivity index (χ4n) is 2.81. The normalized spacial score (nSPS) is 21.8. The molecule has 0 bridgehead atoms. The lowest BCUT2D eigenvalue weighted by Crippen LogP contribution is -2.41. The zero-order valence-corrected chi connectivity index (χ0v) is 12.8. The summed E-state index contributed by atoms with van der Waals surface area (Å²) in [5.41, 5.74) is 2.36. The summed E-state index contributed by atoms with van der Waals surface area (Å²) in [5, 5.41) is 22.0. The third-order valence-electron chi connectivity index (χ3n) is 4.23. The van der Waals surface area contributed by atoms with Crippen molar-refractivity contribution in [1.82, 2.24) is 5.32 Å². The van der Waals surface area contributed by atoms with Crippen LogP contribution in [-0.4, -0.2) is 30.8 Å². The van der Waals surface area contributed by atoms with Gasteiger partial charge in [0.25, 0.3) is 0 Å². The highest BCUT2D eigenvalue weighted by Crippen LogP contribution is 2.19. The summed E-state index contributed by atoms with van der Waals surface area (Å²) in [6.07, 6.45) is 4.67. The van der Waals surface area contributed by atoms with Gasteiger partial charge in [0.15, 0.2) is 0 Å². The summed E-state index contributed by atoms with van der Waals surface area (Å²) in [6.45, 7) is 1.55. The molecule has 2 rings (SSSR count). The maximum atomic E-state index is 9.95. The van der Waals surface area contributed by atoms with E-state index in [1.807, 2.05) is 7.05 Å². The fraction of sp³-hybridized carbons (Fsp3) is 0.588. The Hall–Kier alpha value is -1.57. The van der Waals surface area contributed by atoms with Crippen molar-refractivity contribution in [3.63, 3.8) is 0 Å². The molecule has 1 aliphatic carbocycles. The average Bonchev–Trinajstić information content (AvgIpc) is 2.52. The summed E-state index contributed by atoms with van der Waals surface area (Å²) >= 11 is 0. The molecule has 4 heteroatoms. The third kappa shape index (κ3) is 4.73. The van der Waals surface area contributed by atoms with Crippen LogP contribution in [0.4, 0.5) is 5.69 Å². The maximum Gasteiger partial charge on any atom is 0.0693 e. The number of aliphatic hydroxyl groups is 1. The van der Waals surface area contributed by atoms with Gasteiger partial charge < -0.3 is 15.3 Å². The molecule has 4 nitrogen and oxygen atoms in total. The second-order valence-corrected chi connectivity index (χ2v) is 5.84. The van der Waals surface area contributed by atoms with Crippen LogP contribution in [-0.2, 0) is 6.54 Å². The molecule has 0 radical (unpaired) electrons. The minimum Gasteiger partial charge on any atom is -0.392 e. The predicted octanol–water partition coefficient (Wildman–Crippen LogP) is 2.43. The van der Waals surface area contributed by atoms with Crippen LogP contribution in [0.1, 0.15) is 37.7 Å². The van der Waals surface area contributed by atoms with Gasteiger partial charge in [-0.2, -0.15) is 5.26 Å². The third-order valence-corrected chi connectivity index (χ3v) is 4.23. The molecule has 0 spiro atoms. The first-order chi connectivity index (χ1) is 10.2. The largest absolute Gasteiger partial charge is 0.392 e. The van der Waals surface area contributed by atoms with Crippen molar-refractivity contribution in [1.29, 1.82) is 5.26 Å². The lowest BCUT2D eigenvalue weighted by Gasteiger charge is -2.28. The minimum absolute atomic E-state index is 0.199. The second kappa shape index (κ2) is 8.02. The quantitative estimate of drug-likeness (QED) is 0.843. The van der Waals surface area contributed by atoms with Gasteiger partial charge in [0.2, 0.25) is 0 Å². The highest BCUT2D eigenvalue weighted by atomic mass is 16.3. The number of nitrogens with zero attached hydrogens (tertiary/aromatic N) is 2. The Bertz CT molecular complexity index is 466. The van der Waals surface area contributed by atoms with Gasteiger partial charge in [-0.1, -0.05) is 25.0 Å². The van der Waals surface area contributed by atoms with E-state index in [9.17, 15) is 5.11 Å². The van der Waals surface area contributed by atoms with Crippen LogP contribution in [0, 0.1) is 11.3 Å². The number of nitriles is 1. The molecule has 0 aliphatic heterocycles. The lowest BCUT2D eigenvalue weighted by molar-refractivity contribution is 0.0902. The van der Waals surface area contributed by atoms with Gasteiger partial charge in [-0.3, -0.25) is 0 Å². The SMILES string of the molecule is CN(CCC#N)c1ccc(CNC2CCCCC2O)cc1. The van der Waals surface area contributed by atoms with Crippen molar-refractivity contribution in [3.05, 3.63) is 29.8 Å². The molecule has 0 aromatic heterocycles. The zero-order valence-electron chi connectivity index (χ0n) is 12.8. The van der Waals surface area contributed by atoms with E-state index in [1.54, 1.807) is 0 Å². The Morgan fingerprint density at radius 2 is 2.00 bits per heavy atom. The molecule has 0 amide bonds. The first-order valence-corrected chi connectivity index (χ1v) is 7.79. The topological polar surface area (TPSA) is 59.3 Å².